The Hall–Kier alpha value is -3.72. The van der Waals surface area contributed by atoms with Gasteiger partial charge in [-0.15, -0.1) is 0 Å². The molecule has 0 bridgehead atoms. The van der Waals surface area contributed by atoms with Crippen molar-refractivity contribution in [3.8, 4) is 0 Å². The van der Waals surface area contributed by atoms with Crippen LogP contribution in [-0.2, 0) is 4.79 Å². The second-order valence-electron chi connectivity index (χ2n) is 9.18. The highest BCUT2D eigenvalue weighted by atomic mass is 16.1. The van der Waals surface area contributed by atoms with Gasteiger partial charge in [-0.05, 0) is 63.6 Å². The molecule has 0 atom stereocenters. The van der Waals surface area contributed by atoms with Crippen LogP contribution < -0.4 is 16.0 Å². The fourth-order valence-corrected chi connectivity index (χ4v) is 4.61. The topological polar surface area (TPSA) is 99.5 Å². The first-order chi connectivity index (χ1) is 16.5. The van der Waals surface area contributed by atoms with E-state index in [1.807, 2.05) is 36.4 Å². The molecule has 2 fully saturated rings. The maximum atomic E-state index is 11.8. The Bertz CT molecular complexity index is 1240. The van der Waals surface area contributed by atoms with E-state index in [2.05, 4.69) is 46.6 Å². The summed E-state index contributed by atoms with van der Waals surface area (Å²) in [5.74, 6) is 1.09. The van der Waals surface area contributed by atoms with E-state index in [9.17, 15) is 4.79 Å². The Balaban J connectivity index is 1.48. The molecule has 2 aliphatic rings. The van der Waals surface area contributed by atoms with Crippen molar-refractivity contribution in [2.75, 3.05) is 24.7 Å². The van der Waals surface area contributed by atoms with Crippen molar-refractivity contribution in [3.05, 3.63) is 59.9 Å². The third kappa shape index (κ3) is 4.65. The number of para-hydroxylation sites is 1. The molecule has 3 heterocycles. The zero-order valence-corrected chi connectivity index (χ0v) is 19.6. The summed E-state index contributed by atoms with van der Waals surface area (Å²) in [5, 5.41) is 14.2. The molecule has 0 spiro atoms. The Morgan fingerprint density at radius 2 is 1.91 bits per heavy atom. The molecule has 3 N–H and O–H groups in total. The largest absolute Gasteiger partial charge is 0.351 e. The fraction of sp³-hybridized carbons (Fsp3) is 0.360. The smallest absolute Gasteiger partial charge is 0.233 e. The zero-order valence-electron chi connectivity index (χ0n) is 19.6. The van der Waals surface area contributed by atoms with Gasteiger partial charge in [-0.2, -0.15) is 19.6 Å². The van der Waals surface area contributed by atoms with Crippen LogP contribution in [0.1, 0.15) is 37.7 Å². The van der Waals surface area contributed by atoms with Gasteiger partial charge in [0.15, 0.2) is 5.65 Å². The highest BCUT2D eigenvalue weighted by Gasteiger charge is 2.24. The number of carbonyl (C=O) groups is 1. The molecule has 34 heavy (non-hydrogen) atoms. The second kappa shape index (κ2) is 9.26. The molecule has 0 radical (unpaired) electrons. The van der Waals surface area contributed by atoms with Crippen molar-refractivity contribution in [3.63, 3.8) is 0 Å². The Morgan fingerprint density at radius 3 is 2.59 bits per heavy atom. The number of allylic oxidation sites excluding steroid dienone is 1. The van der Waals surface area contributed by atoms with Gasteiger partial charge in [-0.25, -0.2) is 0 Å². The first-order valence-corrected chi connectivity index (χ1v) is 11.7. The van der Waals surface area contributed by atoms with Crippen LogP contribution in [0.5, 0.6) is 0 Å². The summed E-state index contributed by atoms with van der Waals surface area (Å²) in [6.07, 6.45) is 8.41. The molecule has 9 nitrogen and oxygen atoms in total. The van der Waals surface area contributed by atoms with Crippen LogP contribution in [0.3, 0.4) is 0 Å². The quantitative estimate of drug-likeness (QED) is 0.519. The number of fused-ring (bicyclic) bond motifs is 1. The summed E-state index contributed by atoms with van der Waals surface area (Å²) < 4.78 is 1.69. The minimum atomic E-state index is -0.0514. The molecular weight excluding hydrogens is 428 g/mol. The van der Waals surface area contributed by atoms with Crippen LogP contribution >= 0.6 is 0 Å². The lowest BCUT2D eigenvalue weighted by Gasteiger charge is -2.33. The summed E-state index contributed by atoms with van der Waals surface area (Å²) in [7, 11) is 4.30. The average molecular weight is 459 g/mol. The summed E-state index contributed by atoms with van der Waals surface area (Å²) in [4.78, 5) is 23.7. The van der Waals surface area contributed by atoms with Gasteiger partial charge in [0.25, 0.3) is 0 Å². The van der Waals surface area contributed by atoms with Gasteiger partial charge >= 0.3 is 0 Å². The number of aromatic nitrogens is 4. The van der Waals surface area contributed by atoms with Crippen molar-refractivity contribution in [1.82, 2.24) is 29.8 Å². The standard InChI is InChI=1S/C25H30N8O/c1-16-17(14-22(34)27-16)13-18-15-26-33-23(18)30-24(28-20-9-11-21(12-10-20)32(2)3)31-25(33)29-19-7-5-4-6-8-19/h4-8,13,15,20-21H,1,9-12,14H2,2-3H3,(H,27,34)(H2,28,29,30,31)/b17-13+. The van der Waals surface area contributed by atoms with Gasteiger partial charge in [-0.1, -0.05) is 24.8 Å². The van der Waals surface area contributed by atoms with Crippen LogP contribution in [0.15, 0.2) is 54.4 Å². The molecule has 1 aromatic carbocycles. The van der Waals surface area contributed by atoms with E-state index in [4.69, 9.17) is 9.97 Å². The maximum Gasteiger partial charge on any atom is 0.233 e. The van der Waals surface area contributed by atoms with Gasteiger partial charge in [-0.3, -0.25) is 4.79 Å². The van der Waals surface area contributed by atoms with Crippen LogP contribution in [0.4, 0.5) is 17.6 Å². The Labute approximate surface area is 199 Å². The number of hydrogen-bond donors (Lipinski definition) is 3. The molecule has 1 saturated carbocycles. The number of hydrogen-bond acceptors (Lipinski definition) is 7. The van der Waals surface area contributed by atoms with Crippen LogP contribution in [0.25, 0.3) is 11.7 Å². The second-order valence-corrected chi connectivity index (χ2v) is 9.18. The first-order valence-electron chi connectivity index (χ1n) is 11.7. The summed E-state index contributed by atoms with van der Waals surface area (Å²) in [6.45, 7) is 3.95. The Kier molecular flexibility index (Phi) is 6.02. The molecule has 9 heteroatoms. The summed E-state index contributed by atoms with van der Waals surface area (Å²) in [5.41, 5.74) is 3.85. The highest BCUT2D eigenvalue weighted by Crippen LogP contribution is 2.27. The SMILES string of the molecule is C=C1NC(=O)C/C1=C\c1cnn2c(Nc3ccccc3)nc(NC3CCC(N(C)C)CC3)nc12. The predicted octanol–water partition coefficient (Wildman–Crippen LogP) is 3.57. The van der Waals surface area contributed by atoms with Gasteiger partial charge in [0.1, 0.15) is 0 Å². The number of nitrogens with zero attached hydrogens (tertiary/aromatic N) is 5. The van der Waals surface area contributed by atoms with E-state index >= 15 is 0 Å². The van der Waals surface area contributed by atoms with Gasteiger partial charge in [0, 0.05) is 29.0 Å². The van der Waals surface area contributed by atoms with E-state index in [-0.39, 0.29) is 5.91 Å². The molecule has 5 rings (SSSR count). The van der Waals surface area contributed by atoms with E-state index in [0.717, 1.165) is 42.5 Å². The molecule has 3 aromatic rings. The van der Waals surface area contributed by atoms with Crippen molar-refractivity contribution in [2.45, 2.75) is 44.2 Å². The Morgan fingerprint density at radius 1 is 1.15 bits per heavy atom. The van der Waals surface area contributed by atoms with Crippen molar-refractivity contribution in [2.24, 2.45) is 0 Å². The van der Waals surface area contributed by atoms with Crippen LogP contribution in [0.2, 0.25) is 0 Å². The van der Waals surface area contributed by atoms with Crippen molar-refractivity contribution < 1.29 is 4.79 Å². The zero-order chi connectivity index (χ0) is 23.7. The number of benzene rings is 1. The third-order valence-corrected chi connectivity index (χ3v) is 6.54. The van der Waals surface area contributed by atoms with E-state index in [1.54, 1.807) is 10.7 Å². The fourth-order valence-electron chi connectivity index (χ4n) is 4.61. The van der Waals surface area contributed by atoms with Crippen molar-refractivity contribution in [1.29, 1.82) is 0 Å². The molecule has 1 amide bonds. The van der Waals surface area contributed by atoms with Crippen LogP contribution in [-0.4, -0.2) is 56.6 Å². The predicted molar refractivity (Wildman–Crippen MR) is 134 cm³/mol. The first kappa shape index (κ1) is 22.1. The molecule has 1 aliphatic heterocycles. The summed E-state index contributed by atoms with van der Waals surface area (Å²) >= 11 is 0. The van der Waals surface area contributed by atoms with Gasteiger partial charge in [0.2, 0.25) is 17.8 Å². The molecule has 1 aliphatic carbocycles. The molecule has 176 valence electrons. The number of amides is 1. The normalized spacial score (nSPS) is 21.9. The van der Waals surface area contributed by atoms with E-state index in [1.165, 1.54) is 0 Å². The van der Waals surface area contributed by atoms with Crippen molar-refractivity contribution >= 4 is 35.2 Å². The molecule has 2 aromatic heterocycles. The van der Waals surface area contributed by atoms with E-state index < -0.39 is 0 Å². The number of carbonyl (C=O) groups excluding carboxylic acids is 1. The van der Waals surface area contributed by atoms with Gasteiger partial charge < -0.3 is 20.9 Å². The third-order valence-electron chi connectivity index (χ3n) is 6.54. The molecule has 1 saturated heterocycles. The monoisotopic (exact) mass is 458 g/mol. The lowest BCUT2D eigenvalue weighted by molar-refractivity contribution is -0.118. The molecular formula is C25H30N8O. The average Bonchev–Trinajstić information content (AvgIpc) is 3.37. The minimum Gasteiger partial charge on any atom is -0.351 e. The highest BCUT2D eigenvalue weighted by molar-refractivity contribution is 5.89. The van der Waals surface area contributed by atoms with E-state index in [0.29, 0.717) is 41.7 Å². The lowest BCUT2D eigenvalue weighted by Crippen LogP contribution is -2.36. The molecule has 0 unspecified atom stereocenters. The maximum absolute atomic E-state index is 11.8. The number of anilines is 3. The summed E-state index contributed by atoms with van der Waals surface area (Å²) in [6, 6.07) is 10.8. The minimum absolute atomic E-state index is 0.0514. The lowest BCUT2D eigenvalue weighted by atomic mass is 9.91. The van der Waals surface area contributed by atoms with Gasteiger partial charge in [0.05, 0.1) is 12.6 Å². The number of nitrogens with one attached hydrogen (secondary N) is 3. The number of rotatable bonds is 6. The van der Waals surface area contributed by atoms with Crippen LogP contribution in [0, 0.1) is 0 Å².